The molecule has 0 aliphatic carbocycles. The number of hydrogen-bond acceptors (Lipinski definition) is 8. The molecule has 0 aromatic heterocycles. The first kappa shape index (κ1) is 17.9. The molecular weight excluding hydrogens is 332 g/mol. The Balaban J connectivity index is 1.96. The summed E-state index contributed by atoms with van der Waals surface area (Å²) >= 11 is 6.00. The molecule has 1 fully saturated rings. The van der Waals surface area contributed by atoms with Crippen LogP contribution in [0.2, 0.25) is 5.02 Å². The van der Waals surface area contributed by atoms with Gasteiger partial charge in [-0.2, -0.15) is 4.89 Å². The highest BCUT2D eigenvalue weighted by atomic mass is 35.5. The second kappa shape index (κ2) is 7.91. The minimum absolute atomic E-state index is 0.0659. The van der Waals surface area contributed by atoms with Gasteiger partial charge < -0.3 is 29.7 Å². The lowest BCUT2D eigenvalue weighted by molar-refractivity contribution is -0.383. The van der Waals surface area contributed by atoms with Crippen molar-refractivity contribution >= 4 is 18.1 Å². The molecule has 0 unspecified atom stereocenters. The Labute approximate surface area is 137 Å². The van der Waals surface area contributed by atoms with Gasteiger partial charge in [0.25, 0.3) is 6.47 Å². The molecule has 1 aliphatic rings. The van der Waals surface area contributed by atoms with Gasteiger partial charge in [0, 0.05) is 0 Å². The molecule has 1 aliphatic heterocycles. The first-order chi connectivity index (χ1) is 10.9. The molecular formula is C14H17ClO8. The largest absolute Gasteiger partial charge is 0.463 e. The monoisotopic (exact) mass is 348 g/mol. The van der Waals surface area contributed by atoms with E-state index in [1.165, 1.54) is 19.1 Å². The molecule has 5 atom stereocenters. The van der Waals surface area contributed by atoms with Crippen molar-refractivity contribution < 1.29 is 39.4 Å². The van der Waals surface area contributed by atoms with Gasteiger partial charge in [0.15, 0.2) is 5.75 Å². The zero-order valence-electron chi connectivity index (χ0n) is 12.2. The van der Waals surface area contributed by atoms with E-state index in [1.807, 2.05) is 0 Å². The van der Waals surface area contributed by atoms with Crippen LogP contribution in [0.5, 0.6) is 5.75 Å². The number of benzene rings is 1. The Hall–Kier alpha value is -1.42. The molecule has 0 saturated carbocycles. The average molecular weight is 349 g/mol. The van der Waals surface area contributed by atoms with Gasteiger partial charge in [-0.15, -0.1) is 0 Å². The fraction of sp³-hybridized carbons (Fsp3) is 0.500. The van der Waals surface area contributed by atoms with Crippen LogP contribution in [-0.4, -0.2) is 52.5 Å². The Morgan fingerprint density at radius 3 is 2.65 bits per heavy atom. The topological polar surface area (TPSA) is 115 Å². The zero-order chi connectivity index (χ0) is 17.0. The lowest BCUT2D eigenvalue weighted by atomic mass is 10.0. The number of hydrogen-bond donors (Lipinski definition) is 3. The Morgan fingerprint density at radius 2 is 2.00 bits per heavy atom. The summed E-state index contributed by atoms with van der Waals surface area (Å²) in [5.41, 5.74) is 0.649. The van der Waals surface area contributed by atoms with Crippen LogP contribution in [0.3, 0.4) is 0 Å². The lowest BCUT2D eigenvalue weighted by Crippen LogP contribution is -2.57. The van der Waals surface area contributed by atoms with Crippen molar-refractivity contribution in [2.45, 2.75) is 44.2 Å². The van der Waals surface area contributed by atoms with E-state index < -0.39 is 30.7 Å². The van der Waals surface area contributed by atoms with Crippen molar-refractivity contribution in [2.75, 3.05) is 0 Å². The van der Waals surface area contributed by atoms with E-state index in [0.29, 0.717) is 12.0 Å². The lowest BCUT2D eigenvalue weighted by Gasteiger charge is -2.37. The maximum Gasteiger partial charge on any atom is 0.293 e. The maximum atomic E-state index is 10.1. The van der Waals surface area contributed by atoms with E-state index >= 15 is 0 Å². The van der Waals surface area contributed by atoms with E-state index in [0.717, 1.165) is 0 Å². The number of carbonyl (C=O) groups excluding carboxylic acids is 1. The van der Waals surface area contributed by atoms with Crippen LogP contribution >= 0.6 is 11.6 Å². The van der Waals surface area contributed by atoms with Gasteiger partial charge in [-0.05, 0) is 24.6 Å². The minimum Gasteiger partial charge on any atom is -0.463 e. The van der Waals surface area contributed by atoms with Crippen molar-refractivity contribution in [1.29, 1.82) is 0 Å². The van der Waals surface area contributed by atoms with Gasteiger partial charge in [-0.1, -0.05) is 17.7 Å². The molecule has 1 aromatic carbocycles. The first-order valence-electron chi connectivity index (χ1n) is 6.80. The molecule has 0 amide bonds. The fourth-order valence-corrected chi connectivity index (χ4v) is 2.26. The van der Waals surface area contributed by atoms with Gasteiger partial charge >= 0.3 is 0 Å². The number of aliphatic hydroxyl groups is 3. The summed E-state index contributed by atoms with van der Waals surface area (Å²) in [6, 6.07) is 4.60. The van der Waals surface area contributed by atoms with E-state index in [2.05, 4.69) is 4.74 Å². The third kappa shape index (κ3) is 4.31. The maximum absolute atomic E-state index is 10.1. The standard InChI is InChI=1S/C14H17ClO8/c1-7-11(17)12(18)13(19)14(21-7)23-22-10-3-2-8(4-9(10)15)5-20-6-16/h2-4,6-7,11-14,17-19H,5H2,1H3/t7-,11-,12+,13-,14+/m1/s1. The minimum atomic E-state index is -1.49. The van der Waals surface area contributed by atoms with E-state index in [9.17, 15) is 20.1 Å². The predicted octanol–water partition coefficient (Wildman–Crippen LogP) is 0.151. The highest BCUT2D eigenvalue weighted by molar-refractivity contribution is 6.32. The molecule has 1 saturated heterocycles. The fourth-order valence-electron chi connectivity index (χ4n) is 2.02. The SMILES string of the molecule is C[C@H]1O[C@@H](OOc2ccc(COC=O)cc2Cl)[C@H](O)[C@@H](O)[C@@H]1O. The number of rotatable bonds is 6. The summed E-state index contributed by atoms with van der Waals surface area (Å²) in [7, 11) is 0. The summed E-state index contributed by atoms with van der Waals surface area (Å²) in [4.78, 5) is 20.1. The second-order valence-electron chi connectivity index (χ2n) is 5.03. The van der Waals surface area contributed by atoms with Crippen LogP contribution < -0.4 is 4.89 Å². The zero-order valence-corrected chi connectivity index (χ0v) is 12.9. The third-order valence-corrected chi connectivity index (χ3v) is 3.65. The molecule has 2 rings (SSSR count). The molecule has 9 heteroatoms. The van der Waals surface area contributed by atoms with Crippen molar-refractivity contribution in [2.24, 2.45) is 0 Å². The molecule has 0 spiro atoms. The highest BCUT2D eigenvalue weighted by Gasteiger charge is 2.43. The normalized spacial score (nSPS) is 30.7. The van der Waals surface area contributed by atoms with Gasteiger partial charge in [0.2, 0.25) is 6.29 Å². The first-order valence-corrected chi connectivity index (χ1v) is 7.18. The van der Waals surface area contributed by atoms with Crippen molar-refractivity contribution in [3.05, 3.63) is 28.8 Å². The predicted molar refractivity (Wildman–Crippen MR) is 76.4 cm³/mol. The van der Waals surface area contributed by atoms with Gasteiger partial charge in [0.05, 0.1) is 11.1 Å². The number of carbonyl (C=O) groups is 1. The van der Waals surface area contributed by atoms with Gasteiger partial charge in [0.1, 0.15) is 24.9 Å². The van der Waals surface area contributed by atoms with E-state index in [1.54, 1.807) is 6.07 Å². The van der Waals surface area contributed by atoms with Crippen LogP contribution in [0.1, 0.15) is 12.5 Å². The van der Waals surface area contributed by atoms with E-state index in [4.69, 9.17) is 26.1 Å². The molecule has 8 nitrogen and oxygen atoms in total. The van der Waals surface area contributed by atoms with Crippen LogP contribution in [0.15, 0.2) is 18.2 Å². The summed E-state index contributed by atoms with van der Waals surface area (Å²) in [5.74, 6) is 0.144. The molecule has 128 valence electrons. The quantitative estimate of drug-likeness (QED) is 0.378. The second-order valence-corrected chi connectivity index (χ2v) is 5.44. The molecule has 3 N–H and O–H groups in total. The van der Waals surface area contributed by atoms with Crippen molar-refractivity contribution in [3.63, 3.8) is 0 Å². The van der Waals surface area contributed by atoms with Crippen LogP contribution in [0.25, 0.3) is 0 Å². The number of ether oxygens (including phenoxy) is 2. The van der Waals surface area contributed by atoms with Crippen molar-refractivity contribution in [1.82, 2.24) is 0 Å². The van der Waals surface area contributed by atoms with Crippen molar-refractivity contribution in [3.8, 4) is 5.75 Å². The van der Waals surface area contributed by atoms with Crippen LogP contribution in [-0.2, 0) is 25.8 Å². The number of aliphatic hydroxyl groups excluding tert-OH is 3. The average Bonchev–Trinajstić information content (AvgIpc) is 2.54. The van der Waals surface area contributed by atoms with Crippen LogP contribution in [0, 0.1) is 0 Å². The molecule has 1 heterocycles. The third-order valence-electron chi connectivity index (χ3n) is 3.36. The molecule has 0 bridgehead atoms. The van der Waals surface area contributed by atoms with Gasteiger partial charge in [-0.25, -0.2) is 0 Å². The number of halogens is 1. The molecule has 23 heavy (non-hydrogen) atoms. The summed E-state index contributed by atoms with van der Waals surface area (Å²) in [6.07, 6.45) is -6.19. The Bertz CT molecular complexity index is 540. The Morgan fingerprint density at radius 1 is 1.26 bits per heavy atom. The summed E-state index contributed by atoms with van der Waals surface area (Å²) < 4.78 is 9.81. The van der Waals surface area contributed by atoms with E-state index in [-0.39, 0.29) is 17.4 Å². The highest BCUT2D eigenvalue weighted by Crippen LogP contribution is 2.28. The van der Waals surface area contributed by atoms with Crippen LogP contribution in [0.4, 0.5) is 0 Å². The Kier molecular flexibility index (Phi) is 6.17. The molecule has 0 radical (unpaired) electrons. The summed E-state index contributed by atoms with van der Waals surface area (Å²) in [6.45, 7) is 1.91. The summed E-state index contributed by atoms with van der Waals surface area (Å²) in [5, 5.41) is 29.2. The smallest absolute Gasteiger partial charge is 0.293 e. The molecule has 1 aromatic rings. The van der Waals surface area contributed by atoms with Gasteiger partial charge in [-0.3, -0.25) is 4.79 Å².